The van der Waals surface area contributed by atoms with Gasteiger partial charge in [-0.15, -0.1) is 0 Å². The van der Waals surface area contributed by atoms with Gasteiger partial charge in [0.15, 0.2) is 5.12 Å². The first-order valence-electron chi connectivity index (χ1n) is 3.38. The molecule has 0 radical (unpaired) electrons. The lowest BCUT2D eigenvalue weighted by molar-refractivity contribution is -0.142. The molecule has 70 valence electrons. The molecule has 0 aliphatic carbocycles. The van der Waals surface area contributed by atoms with Crippen LogP contribution in [0.25, 0.3) is 0 Å². The Morgan fingerprint density at radius 1 is 1.42 bits per heavy atom. The van der Waals surface area contributed by atoms with Gasteiger partial charge in [-0.05, 0) is 13.2 Å². The van der Waals surface area contributed by atoms with Crippen molar-refractivity contribution in [1.82, 2.24) is 0 Å². The number of thioether (sulfide) groups is 1. The second-order valence-corrected chi connectivity index (χ2v) is 3.68. The molecule has 0 saturated carbocycles. The summed E-state index contributed by atoms with van der Waals surface area (Å²) in [5.74, 6) is -1.10. The van der Waals surface area contributed by atoms with Crippen LogP contribution in [0.4, 0.5) is 0 Å². The highest BCUT2D eigenvalue weighted by atomic mass is 32.2. The number of carboxylic acid groups (broad SMARTS) is 1. The van der Waals surface area contributed by atoms with Crippen molar-refractivity contribution in [2.24, 2.45) is 0 Å². The van der Waals surface area contributed by atoms with E-state index in [0.717, 1.165) is 11.8 Å². The molecule has 0 aliphatic rings. The fourth-order valence-electron chi connectivity index (χ4n) is 0.771. The van der Waals surface area contributed by atoms with E-state index in [1.807, 2.05) is 0 Å². The molecule has 12 heavy (non-hydrogen) atoms. The van der Waals surface area contributed by atoms with Crippen LogP contribution < -0.4 is 0 Å². The summed E-state index contributed by atoms with van der Waals surface area (Å²) in [5.41, 5.74) is -1.42. The Labute approximate surface area is 75.0 Å². The zero-order valence-electron chi connectivity index (χ0n) is 7.03. The van der Waals surface area contributed by atoms with Gasteiger partial charge in [-0.1, -0.05) is 11.8 Å². The normalized spacial score (nSPS) is 15.2. The lowest BCUT2D eigenvalue weighted by Crippen LogP contribution is -2.30. The van der Waals surface area contributed by atoms with E-state index in [0.29, 0.717) is 0 Å². The first-order valence-corrected chi connectivity index (χ1v) is 4.61. The molecule has 1 atom stereocenters. The minimum Gasteiger partial charge on any atom is -0.481 e. The molecule has 0 aromatic carbocycles. The maximum Gasteiger partial charge on any atom is 0.306 e. The maximum atomic E-state index is 10.8. The van der Waals surface area contributed by atoms with E-state index >= 15 is 0 Å². The second kappa shape index (κ2) is 4.47. The van der Waals surface area contributed by atoms with Crippen LogP contribution in [-0.2, 0) is 9.59 Å². The van der Waals surface area contributed by atoms with Gasteiger partial charge >= 0.3 is 5.97 Å². The second-order valence-electron chi connectivity index (χ2n) is 2.82. The Hall–Kier alpha value is -0.550. The molecular weight excluding hydrogens is 180 g/mol. The smallest absolute Gasteiger partial charge is 0.306 e. The van der Waals surface area contributed by atoms with Crippen LogP contribution in [-0.4, -0.2) is 33.2 Å². The van der Waals surface area contributed by atoms with E-state index in [1.54, 1.807) is 6.26 Å². The van der Waals surface area contributed by atoms with Crippen LogP contribution in [0.2, 0.25) is 0 Å². The molecular formula is C7H12O4S. The van der Waals surface area contributed by atoms with Crippen LogP contribution >= 0.6 is 11.8 Å². The van der Waals surface area contributed by atoms with Crippen molar-refractivity contribution in [1.29, 1.82) is 0 Å². The monoisotopic (exact) mass is 192 g/mol. The van der Waals surface area contributed by atoms with E-state index in [9.17, 15) is 14.7 Å². The molecule has 0 heterocycles. The highest BCUT2D eigenvalue weighted by molar-refractivity contribution is 8.13. The van der Waals surface area contributed by atoms with E-state index in [2.05, 4.69) is 0 Å². The van der Waals surface area contributed by atoms with Gasteiger partial charge < -0.3 is 10.2 Å². The molecule has 0 aliphatic heterocycles. The summed E-state index contributed by atoms with van der Waals surface area (Å²) in [6.45, 7) is 1.34. The summed E-state index contributed by atoms with van der Waals surface area (Å²) in [7, 11) is 0. The zero-order chi connectivity index (χ0) is 9.78. The van der Waals surface area contributed by atoms with Gasteiger partial charge in [-0.3, -0.25) is 9.59 Å². The predicted octanol–water partition coefficient (Wildman–Crippen LogP) is 0.492. The lowest BCUT2D eigenvalue weighted by Gasteiger charge is -2.18. The molecule has 0 saturated heterocycles. The van der Waals surface area contributed by atoms with Gasteiger partial charge in [0.05, 0.1) is 12.0 Å². The molecule has 0 aromatic heterocycles. The SMILES string of the molecule is CSC(=O)CC(C)(O)CC(=O)O. The fourth-order valence-corrected chi connectivity index (χ4v) is 1.23. The minimum absolute atomic E-state index is 0.125. The highest BCUT2D eigenvalue weighted by Gasteiger charge is 2.26. The van der Waals surface area contributed by atoms with Gasteiger partial charge in [0.1, 0.15) is 0 Å². The summed E-state index contributed by atoms with van der Waals surface area (Å²) < 4.78 is 0. The van der Waals surface area contributed by atoms with Gasteiger partial charge in [0, 0.05) is 6.42 Å². The van der Waals surface area contributed by atoms with Gasteiger partial charge in [-0.2, -0.15) is 0 Å². The number of aliphatic hydroxyl groups is 1. The summed E-state index contributed by atoms with van der Waals surface area (Å²) in [6, 6.07) is 0. The van der Waals surface area contributed by atoms with Crippen LogP contribution in [0.1, 0.15) is 19.8 Å². The summed E-state index contributed by atoms with van der Waals surface area (Å²) >= 11 is 0.987. The van der Waals surface area contributed by atoms with Gasteiger partial charge in [0.25, 0.3) is 0 Å². The minimum atomic E-state index is -1.42. The molecule has 0 bridgehead atoms. The number of hydrogen-bond acceptors (Lipinski definition) is 4. The standard InChI is InChI=1S/C7H12O4S/c1-7(11,3-5(8)9)4-6(10)12-2/h11H,3-4H2,1-2H3,(H,8,9). The number of aliphatic carboxylic acids is 1. The molecule has 1 unspecified atom stereocenters. The van der Waals surface area contributed by atoms with E-state index < -0.39 is 18.0 Å². The molecule has 0 aromatic rings. The van der Waals surface area contributed by atoms with Crippen molar-refractivity contribution in [2.75, 3.05) is 6.26 Å². The van der Waals surface area contributed by atoms with E-state index in [4.69, 9.17) is 5.11 Å². The molecule has 0 amide bonds. The zero-order valence-corrected chi connectivity index (χ0v) is 7.85. The molecule has 2 N–H and O–H groups in total. The number of hydrogen-bond donors (Lipinski definition) is 2. The quantitative estimate of drug-likeness (QED) is 0.678. The average Bonchev–Trinajstić information content (AvgIpc) is 1.83. The number of carbonyl (C=O) groups excluding carboxylic acids is 1. The number of carbonyl (C=O) groups is 2. The first-order chi connectivity index (χ1) is 5.37. The summed E-state index contributed by atoms with van der Waals surface area (Å²) in [6.07, 6.45) is 1.07. The summed E-state index contributed by atoms with van der Waals surface area (Å²) in [5, 5.41) is 17.5. The maximum absolute atomic E-state index is 10.8. The van der Waals surface area contributed by atoms with Crippen molar-refractivity contribution >= 4 is 22.8 Å². The Kier molecular flexibility index (Phi) is 4.26. The third-order valence-electron chi connectivity index (χ3n) is 1.28. The molecule has 4 nitrogen and oxygen atoms in total. The molecule has 0 fully saturated rings. The van der Waals surface area contributed by atoms with Gasteiger partial charge in [-0.25, -0.2) is 0 Å². The van der Waals surface area contributed by atoms with Crippen LogP contribution in [0.5, 0.6) is 0 Å². The predicted molar refractivity (Wildman–Crippen MR) is 46.0 cm³/mol. The van der Waals surface area contributed by atoms with Crippen LogP contribution in [0, 0.1) is 0 Å². The Morgan fingerprint density at radius 2 is 1.92 bits per heavy atom. The van der Waals surface area contributed by atoms with E-state index in [-0.39, 0.29) is 11.5 Å². The lowest BCUT2D eigenvalue weighted by atomic mass is 9.99. The molecule has 0 rings (SSSR count). The van der Waals surface area contributed by atoms with Crippen molar-refractivity contribution < 1.29 is 19.8 Å². The van der Waals surface area contributed by atoms with Crippen LogP contribution in [0.3, 0.4) is 0 Å². The summed E-state index contributed by atoms with van der Waals surface area (Å²) in [4.78, 5) is 21.0. The largest absolute Gasteiger partial charge is 0.481 e. The topological polar surface area (TPSA) is 74.6 Å². The molecule has 5 heteroatoms. The Bertz CT molecular complexity index is 188. The van der Waals surface area contributed by atoms with Crippen molar-refractivity contribution in [3.63, 3.8) is 0 Å². The van der Waals surface area contributed by atoms with E-state index in [1.165, 1.54) is 6.92 Å². The fraction of sp³-hybridized carbons (Fsp3) is 0.714. The first kappa shape index (κ1) is 11.4. The number of carboxylic acids is 1. The van der Waals surface area contributed by atoms with Crippen molar-refractivity contribution in [3.05, 3.63) is 0 Å². The van der Waals surface area contributed by atoms with Crippen LogP contribution in [0.15, 0.2) is 0 Å². The van der Waals surface area contributed by atoms with Crippen molar-refractivity contribution in [3.8, 4) is 0 Å². The van der Waals surface area contributed by atoms with Crippen molar-refractivity contribution in [2.45, 2.75) is 25.4 Å². The highest BCUT2D eigenvalue weighted by Crippen LogP contribution is 2.17. The number of rotatable bonds is 4. The Balaban J connectivity index is 4.03. The molecule has 0 spiro atoms. The third-order valence-corrected chi connectivity index (χ3v) is 1.88. The average molecular weight is 192 g/mol. The Morgan fingerprint density at radius 3 is 2.25 bits per heavy atom. The van der Waals surface area contributed by atoms with Gasteiger partial charge in [0.2, 0.25) is 0 Å². The third kappa shape index (κ3) is 5.15.